The van der Waals surface area contributed by atoms with Crippen LogP contribution in [0.4, 0.5) is 0 Å². The van der Waals surface area contributed by atoms with Gasteiger partial charge >= 0.3 is 0 Å². The standard InChI is InChI=1S/C17H16N2OS3/c1-2-20-11-7-8-13-15(9-11)23-17(19-13)21-10-16-18-12-5-3-4-6-14(12)22-16/h3-6,8-9,11H,2,7,10H2,1H3. The van der Waals surface area contributed by atoms with Crippen molar-refractivity contribution in [1.82, 2.24) is 9.97 Å². The molecule has 118 valence electrons. The van der Waals surface area contributed by atoms with Crippen molar-refractivity contribution in [3.8, 4) is 0 Å². The van der Waals surface area contributed by atoms with Crippen molar-refractivity contribution in [2.75, 3.05) is 6.61 Å². The van der Waals surface area contributed by atoms with E-state index in [4.69, 9.17) is 9.72 Å². The summed E-state index contributed by atoms with van der Waals surface area (Å²) >= 11 is 5.29. The van der Waals surface area contributed by atoms with Crippen molar-refractivity contribution < 1.29 is 4.74 Å². The summed E-state index contributed by atoms with van der Waals surface area (Å²) in [5.74, 6) is 0.876. The molecular weight excluding hydrogens is 344 g/mol. The van der Waals surface area contributed by atoms with Crippen molar-refractivity contribution in [2.45, 2.75) is 29.5 Å². The van der Waals surface area contributed by atoms with Gasteiger partial charge in [-0.25, -0.2) is 9.97 Å². The second-order valence-electron chi connectivity index (χ2n) is 5.19. The molecule has 1 aliphatic carbocycles. The van der Waals surface area contributed by atoms with Crippen LogP contribution in [0, 0.1) is 0 Å². The van der Waals surface area contributed by atoms with Gasteiger partial charge in [-0.15, -0.1) is 22.7 Å². The first kappa shape index (κ1) is 15.3. The number of aromatic nitrogens is 2. The number of thioether (sulfide) groups is 1. The molecule has 3 nitrogen and oxygen atoms in total. The summed E-state index contributed by atoms with van der Waals surface area (Å²) < 4.78 is 9.29. The third-order valence-electron chi connectivity index (χ3n) is 3.58. The van der Waals surface area contributed by atoms with Crippen LogP contribution in [0.2, 0.25) is 0 Å². The van der Waals surface area contributed by atoms with Crippen LogP contribution in [-0.4, -0.2) is 22.7 Å². The highest BCUT2D eigenvalue weighted by atomic mass is 32.2. The normalized spacial score (nSPS) is 16.8. The lowest BCUT2D eigenvalue weighted by atomic mass is 10.2. The zero-order valence-corrected chi connectivity index (χ0v) is 15.1. The predicted octanol–water partition coefficient (Wildman–Crippen LogP) is 3.41. The Labute approximate surface area is 146 Å². The number of thiazole rings is 2. The van der Waals surface area contributed by atoms with Crippen LogP contribution in [0.15, 0.2) is 28.6 Å². The molecule has 0 amide bonds. The van der Waals surface area contributed by atoms with Crippen molar-refractivity contribution in [2.24, 2.45) is 0 Å². The zero-order chi connectivity index (χ0) is 15.6. The first-order chi connectivity index (χ1) is 11.3. The fraction of sp³-hybridized carbons (Fsp3) is 0.294. The van der Waals surface area contributed by atoms with Crippen LogP contribution in [0.5, 0.6) is 0 Å². The Balaban J connectivity index is 1.51. The van der Waals surface area contributed by atoms with Crippen molar-refractivity contribution >= 4 is 56.8 Å². The van der Waals surface area contributed by atoms with Crippen molar-refractivity contribution in [1.29, 1.82) is 0 Å². The maximum Gasteiger partial charge on any atom is 0.151 e. The Bertz CT molecular complexity index is 911. The van der Waals surface area contributed by atoms with E-state index in [1.807, 2.05) is 13.0 Å². The van der Waals surface area contributed by atoms with Gasteiger partial charge in [0.2, 0.25) is 0 Å². The summed E-state index contributed by atoms with van der Waals surface area (Å²) in [7, 11) is 0. The van der Waals surface area contributed by atoms with Gasteiger partial charge in [0.05, 0.1) is 32.0 Å². The molecule has 3 aromatic rings. The first-order valence-electron chi connectivity index (χ1n) is 7.59. The summed E-state index contributed by atoms with van der Waals surface area (Å²) in [5.41, 5.74) is 1.09. The summed E-state index contributed by atoms with van der Waals surface area (Å²) in [6.07, 6.45) is 5.52. The van der Waals surface area contributed by atoms with E-state index in [1.165, 1.54) is 9.23 Å². The number of hydrogen-bond acceptors (Lipinski definition) is 6. The lowest BCUT2D eigenvalue weighted by Gasteiger charge is -2.11. The van der Waals surface area contributed by atoms with Crippen LogP contribution in [0.1, 0.15) is 18.4 Å². The van der Waals surface area contributed by atoms with Gasteiger partial charge < -0.3 is 4.74 Å². The van der Waals surface area contributed by atoms with Crippen LogP contribution in [0.25, 0.3) is 22.4 Å². The molecule has 0 saturated heterocycles. The third kappa shape index (κ3) is 3.35. The maximum absolute atomic E-state index is 5.69. The fourth-order valence-electron chi connectivity index (χ4n) is 2.55. The zero-order valence-electron chi connectivity index (χ0n) is 12.7. The summed E-state index contributed by atoms with van der Waals surface area (Å²) in [6, 6.07) is 8.29. The van der Waals surface area contributed by atoms with Crippen molar-refractivity contribution in [3.63, 3.8) is 0 Å². The van der Waals surface area contributed by atoms with E-state index in [1.54, 1.807) is 34.4 Å². The number of ether oxygens (including phenoxy) is 1. The van der Waals surface area contributed by atoms with E-state index in [0.29, 0.717) is 0 Å². The molecule has 4 rings (SSSR count). The summed E-state index contributed by atoms with van der Waals surface area (Å²) in [5, 5.41) is 2.27. The Morgan fingerprint density at radius 3 is 3.04 bits per heavy atom. The Morgan fingerprint density at radius 2 is 2.17 bits per heavy atom. The molecule has 1 aromatic carbocycles. The molecule has 23 heavy (non-hydrogen) atoms. The molecule has 6 heteroatoms. The number of nitrogens with zero attached hydrogens (tertiary/aromatic N) is 2. The molecule has 0 fully saturated rings. The largest absolute Gasteiger partial charge is 0.374 e. The van der Waals surface area contributed by atoms with Gasteiger partial charge in [0.15, 0.2) is 4.34 Å². The van der Waals surface area contributed by atoms with E-state index in [0.717, 1.165) is 39.0 Å². The molecule has 0 spiro atoms. The maximum atomic E-state index is 5.69. The number of hydrogen-bond donors (Lipinski definition) is 0. The lowest BCUT2D eigenvalue weighted by Crippen LogP contribution is -2.29. The second kappa shape index (κ2) is 6.73. The fourth-order valence-corrected chi connectivity index (χ4v) is 5.67. The number of rotatable bonds is 5. The van der Waals surface area contributed by atoms with Gasteiger partial charge in [0, 0.05) is 6.61 Å². The number of fused-ring (bicyclic) bond motifs is 2. The molecule has 0 saturated carbocycles. The topological polar surface area (TPSA) is 35.0 Å². The molecule has 2 heterocycles. The molecule has 0 N–H and O–H groups in total. The molecule has 1 atom stereocenters. The van der Waals surface area contributed by atoms with Gasteiger partial charge in [-0.05, 0) is 31.6 Å². The van der Waals surface area contributed by atoms with Gasteiger partial charge in [-0.3, -0.25) is 0 Å². The first-order valence-corrected chi connectivity index (χ1v) is 10.2. The van der Waals surface area contributed by atoms with Gasteiger partial charge in [0.1, 0.15) is 5.01 Å². The lowest BCUT2D eigenvalue weighted by molar-refractivity contribution is 0.111. The highest BCUT2D eigenvalue weighted by Gasteiger charge is 2.11. The minimum Gasteiger partial charge on any atom is -0.374 e. The molecule has 2 aromatic heterocycles. The Morgan fingerprint density at radius 1 is 1.26 bits per heavy atom. The minimum absolute atomic E-state index is 0.204. The molecular formula is C17H16N2OS3. The molecule has 1 unspecified atom stereocenters. The second-order valence-corrected chi connectivity index (χ2v) is 8.56. The molecule has 0 aliphatic heterocycles. The van der Waals surface area contributed by atoms with E-state index < -0.39 is 0 Å². The average molecular weight is 361 g/mol. The SMILES string of the molecule is CCOC1C=c2sc(SCc3nc4ccccc4s3)nc2=CC1. The minimum atomic E-state index is 0.204. The number of benzene rings is 1. The van der Waals surface area contributed by atoms with Crippen LogP contribution < -0.4 is 9.88 Å². The van der Waals surface area contributed by atoms with E-state index in [-0.39, 0.29) is 6.10 Å². The van der Waals surface area contributed by atoms with Gasteiger partial charge in [0.25, 0.3) is 0 Å². The quantitative estimate of drug-likeness (QED) is 0.653. The highest BCUT2D eigenvalue weighted by molar-refractivity contribution is 8.00. The predicted molar refractivity (Wildman–Crippen MR) is 99.5 cm³/mol. The van der Waals surface area contributed by atoms with Crippen LogP contribution in [-0.2, 0) is 10.5 Å². The third-order valence-corrected chi connectivity index (χ3v) is 6.99. The Kier molecular flexibility index (Phi) is 4.48. The van der Waals surface area contributed by atoms with Crippen LogP contribution in [0.3, 0.4) is 0 Å². The van der Waals surface area contributed by atoms with Gasteiger partial charge in [-0.1, -0.05) is 30.0 Å². The number of para-hydroxylation sites is 1. The van der Waals surface area contributed by atoms with Crippen molar-refractivity contribution in [3.05, 3.63) is 39.2 Å². The van der Waals surface area contributed by atoms with E-state index >= 15 is 0 Å². The van der Waals surface area contributed by atoms with E-state index in [9.17, 15) is 0 Å². The summed E-state index contributed by atoms with van der Waals surface area (Å²) in [6.45, 7) is 2.79. The Hall–Kier alpha value is -1.21. The average Bonchev–Trinajstić information content (AvgIpc) is 3.15. The molecule has 0 radical (unpaired) electrons. The van der Waals surface area contributed by atoms with E-state index in [2.05, 4.69) is 35.3 Å². The molecule has 0 bridgehead atoms. The highest BCUT2D eigenvalue weighted by Crippen LogP contribution is 2.28. The van der Waals surface area contributed by atoms with Crippen LogP contribution >= 0.6 is 34.4 Å². The van der Waals surface area contributed by atoms with Gasteiger partial charge in [-0.2, -0.15) is 0 Å². The smallest absolute Gasteiger partial charge is 0.151 e. The monoisotopic (exact) mass is 360 g/mol. The summed E-state index contributed by atoms with van der Waals surface area (Å²) in [4.78, 5) is 9.42. The molecule has 1 aliphatic rings.